The highest BCUT2D eigenvalue weighted by Crippen LogP contribution is 2.46. The van der Waals surface area contributed by atoms with Gasteiger partial charge >= 0.3 is 11.9 Å². The molecule has 3 rings (SSSR count). The fourth-order valence-electron chi connectivity index (χ4n) is 3.28. The first kappa shape index (κ1) is 20.9. The molecule has 2 heterocycles. The number of thioether (sulfide) groups is 1. The number of amides is 2. The number of fused-ring (bicyclic) bond motifs is 1. The molecule has 1 saturated heterocycles. The molecule has 0 unspecified atom stereocenters. The first-order valence-corrected chi connectivity index (χ1v) is 9.79. The normalized spacial score (nSPS) is 23.2. The number of nitrogens with one attached hydrogen (secondary N) is 1. The summed E-state index contributed by atoms with van der Waals surface area (Å²) in [4.78, 5) is 49.3. The van der Waals surface area contributed by atoms with Crippen molar-refractivity contribution in [2.75, 3.05) is 19.5 Å². The quantitative estimate of drug-likeness (QED) is 0.372. The van der Waals surface area contributed by atoms with Gasteiger partial charge in [-0.1, -0.05) is 30.3 Å². The standard InChI is InChI=1S/C19H20N2O7S/c1-11(22)28-9-13-10-29-18-19(27-2,17(26)21(18)15(13)16(24)25)20-14(23)8-12-6-4-3-5-7-12/h3-7,18H,8-10H2,1-2H3,(H,20,23)(H,24,25)/t18-,19-/m1/s1. The summed E-state index contributed by atoms with van der Waals surface area (Å²) in [6, 6.07) is 9.01. The summed E-state index contributed by atoms with van der Waals surface area (Å²) in [6.07, 6.45) is 0.0515. The SMILES string of the molecule is CO[C@]1(NC(=O)Cc2ccccc2)C(=O)N2C(C(=O)O)=C(COC(C)=O)CS[C@@H]21. The Morgan fingerprint density at radius 1 is 1.31 bits per heavy atom. The molecule has 9 nitrogen and oxygen atoms in total. The van der Waals surface area contributed by atoms with Crippen molar-refractivity contribution >= 4 is 35.5 Å². The Morgan fingerprint density at radius 3 is 2.59 bits per heavy atom. The fourth-order valence-corrected chi connectivity index (χ4v) is 4.70. The Labute approximate surface area is 171 Å². The van der Waals surface area contributed by atoms with E-state index in [0.29, 0.717) is 5.57 Å². The van der Waals surface area contributed by atoms with Gasteiger partial charge in [0.05, 0.1) is 6.42 Å². The molecule has 0 bridgehead atoms. The van der Waals surface area contributed by atoms with E-state index in [4.69, 9.17) is 9.47 Å². The lowest BCUT2D eigenvalue weighted by atomic mass is 9.97. The predicted octanol–water partition coefficient (Wildman–Crippen LogP) is 0.505. The van der Waals surface area contributed by atoms with E-state index in [1.807, 2.05) is 6.07 Å². The van der Waals surface area contributed by atoms with Crippen molar-refractivity contribution in [2.24, 2.45) is 0 Å². The number of methoxy groups -OCH3 is 1. The van der Waals surface area contributed by atoms with Crippen LogP contribution < -0.4 is 5.32 Å². The predicted molar refractivity (Wildman–Crippen MR) is 102 cm³/mol. The molecule has 0 aromatic heterocycles. The monoisotopic (exact) mass is 420 g/mol. The van der Waals surface area contributed by atoms with Crippen LogP contribution in [0.4, 0.5) is 0 Å². The first-order chi connectivity index (χ1) is 13.8. The average Bonchev–Trinajstić information content (AvgIpc) is 2.69. The van der Waals surface area contributed by atoms with Crippen LogP contribution in [0.3, 0.4) is 0 Å². The van der Waals surface area contributed by atoms with Gasteiger partial charge in [0, 0.05) is 25.4 Å². The van der Waals surface area contributed by atoms with Crippen LogP contribution in [-0.4, -0.2) is 64.3 Å². The topological polar surface area (TPSA) is 122 Å². The summed E-state index contributed by atoms with van der Waals surface area (Å²) in [6.45, 7) is 0.994. The van der Waals surface area contributed by atoms with Gasteiger partial charge in [-0.2, -0.15) is 0 Å². The minimum Gasteiger partial charge on any atom is -0.477 e. The molecule has 2 aliphatic heterocycles. The minimum absolute atomic E-state index is 0.0515. The number of benzene rings is 1. The number of carboxylic acids is 1. The second-order valence-corrected chi connectivity index (χ2v) is 7.59. The van der Waals surface area contributed by atoms with Crippen LogP contribution in [0.15, 0.2) is 41.6 Å². The summed E-state index contributed by atoms with van der Waals surface area (Å²) < 4.78 is 10.3. The Kier molecular flexibility index (Phi) is 5.94. The molecule has 2 N–H and O–H groups in total. The van der Waals surface area contributed by atoms with Crippen molar-refractivity contribution in [1.82, 2.24) is 10.2 Å². The molecule has 1 aromatic rings. The molecule has 0 saturated carbocycles. The van der Waals surface area contributed by atoms with Gasteiger partial charge in [-0.05, 0) is 5.56 Å². The highest BCUT2D eigenvalue weighted by molar-refractivity contribution is 8.00. The first-order valence-electron chi connectivity index (χ1n) is 8.74. The average molecular weight is 420 g/mol. The van der Waals surface area contributed by atoms with Crippen molar-refractivity contribution in [3.63, 3.8) is 0 Å². The highest BCUT2D eigenvalue weighted by Gasteiger charge is 2.66. The zero-order chi connectivity index (χ0) is 21.2. The summed E-state index contributed by atoms with van der Waals surface area (Å²) in [5.41, 5.74) is -0.817. The Hall–Kier alpha value is -2.85. The van der Waals surface area contributed by atoms with Gasteiger partial charge in [0.15, 0.2) is 0 Å². The molecule has 2 aliphatic rings. The van der Waals surface area contributed by atoms with Gasteiger partial charge in [0.2, 0.25) is 5.91 Å². The number of β-lactam (4-membered cyclic amide) rings is 1. The van der Waals surface area contributed by atoms with E-state index in [9.17, 15) is 24.3 Å². The zero-order valence-corrected chi connectivity index (χ0v) is 16.7. The number of hydrogen-bond donors (Lipinski definition) is 2. The summed E-state index contributed by atoms with van der Waals surface area (Å²) in [7, 11) is 1.29. The van der Waals surface area contributed by atoms with Crippen LogP contribution in [-0.2, 0) is 35.1 Å². The number of carbonyl (C=O) groups is 4. The summed E-state index contributed by atoms with van der Waals surface area (Å²) >= 11 is 1.23. The number of aliphatic carboxylic acids is 1. The van der Waals surface area contributed by atoms with Crippen LogP contribution >= 0.6 is 11.8 Å². The van der Waals surface area contributed by atoms with E-state index in [1.54, 1.807) is 24.3 Å². The second kappa shape index (κ2) is 8.26. The molecule has 10 heteroatoms. The molecule has 0 aliphatic carbocycles. The molecule has 2 atom stereocenters. The van der Waals surface area contributed by atoms with E-state index in [1.165, 1.54) is 25.8 Å². The summed E-state index contributed by atoms with van der Waals surface area (Å²) in [5, 5.41) is 11.5. The number of ether oxygens (including phenoxy) is 2. The van der Waals surface area contributed by atoms with Crippen LogP contribution in [0.1, 0.15) is 12.5 Å². The van der Waals surface area contributed by atoms with E-state index in [2.05, 4.69) is 5.32 Å². The number of nitrogens with zero attached hydrogens (tertiary/aromatic N) is 1. The molecule has 0 radical (unpaired) electrons. The van der Waals surface area contributed by atoms with Gasteiger partial charge in [-0.3, -0.25) is 19.3 Å². The molecule has 0 spiro atoms. The van der Waals surface area contributed by atoms with Crippen LogP contribution in [0.25, 0.3) is 0 Å². The van der Waals surface area contributed by atoms with Gasteiger partial charge in [-0.15, -0.1) is 11.8 Å². The van der Waals surface area contributed by atoms with Crippen molar-refractivity contribution < 1.29 is 33.8 Å². The number of rotatable bonds is 7. The Balaban J connectivity index is 1.80. The van der Waals surface area contributed by atoms with Crippen molar-refractivity contribution in [3.8, 4) is 0 Å². The third-order valence-corrected chi connectivity index (χ3v) is 5.99. The van der Waals surface area contributed by atoms with Crippen molar-refractivity contribution in [1.29, 1.82) is 0 Å². The number of hydrogen-bond acceptors (Lipinski definition) is 7. The molecular formula is C19H20N2O7S. The van der Waals surface area contributed by atoms with E-state index in [0.717, 1.165) is 10.5 Å². The smallest absolute Gasteiger partial charge is 0.352 e. The van der Waals surface area contributed by atoms with Crippen molar-refractivity contribution in [2.45, 2.75) is 24.4 Å². The maximum atomic E-state index is 12.9. The second-order valence-electron chi connectivity index (χ2n) is 6.53. The van der Waals surface area contributed by atoms with Crippen LogP contribution in [0.5, 0.6) is 0 Å². The lowest BCUT2D eigenvalue weighted by Gasteiger charge is -2.55. The third kappa shape index (κ3) is 3.85. The zero-order valence-electron chi connectivity index (χ0n) is 15.8. The summed E-state index contributed by atoms with van der Waals surface area (Å²) in [5.74, 6) is -2.76. The molecule has 2 amide bonds. The molecule has 154 valence electrons. The fraction of sp³-hybridized carbons (Fsp3) is 0.368. The van der Waals surface area contributed by atoms with Crippen molar-refractivity contribution in [3.05, 3.63) is 47.2 Å². The third-order valence-electron chi connectivity index (χ3n) is 4.62. The largest absolute Gasteiger partial charge is 0.477 e. The van der Waals surface area contributed by atoms with Gasteiger partial charge in [0.1, 0.15) is 17.7 Å². The van der Waals surface area contributed by atoms with Gasteiger partial charge in [-0.25, -0.2) is 4.79 Å². The molecular weight excluding hydrogens is 400 g/mol. The van der Waals surface area contributed by atoms with E-state index in [-0.39, 0.29) is 24.5 Å². The minimum atomic E-state index is -1.65. The van der Waals surface area contributed by atoms with Crippen LogP contribution in [0, 0.1) is 0 Å². The lowest BCUT2D eigenvalue weighted by Crippen LogP contribution is -2.80. The highest BCUT2D eigenvalue weighted by atomic mass is 32.2. The lowest BCUT2D eigenvalue weighted by molar-refractivity contribution is -0.192. The Morgan fingerprint density at radius 2 is 2.00 bits per heavy atom. The molecule has 29 heavy (non-hydrogen) atoms. The number of esters is 1. The number of carboxylic acid groups (broad SMARTS) is 1. The van der Waals surface area contributed by atoms with Crippen LogP contribution in [0.2, 0.25) is 0 Å². The van der Waals surface area contributed by atoms with E-state index >= 15 is 0 Å². The maximum absolute atomic E-state index is 12.9. The molecule has 1 aromatic carbocycles. The van der Waals surface area contributed by atoms with Gasteiger partial charge < -0.3 is 19.9 Å². The van der Waals surface area contributed by atoms with E-state index < -0.39 is 34.9 Å². The number of carbonyl (C=O) groups excluding carboxylic acids is 3. The Bertz CT molecular complexity index is 886. The van der Waals surface area contributed by atoms with Gasteiger partial charge in [0.25, 0.3) is 11.6 Å². The maximum Gasteiger partial charge on any atom is 0.352 e. The molecule has 1 fully saturated rings.